The molecule has 0 radical (unpaired) electrons. The highest BCUT2D eigenvalue weighted by atomic mass is 32.2. The van der Waals surface area contributed by atoms with E-state index in [1.807, 2.05) is 30.3 Å². The average Bonchev–Trinajstić information content (AvgIpc) is 3.80. The summed E-state index contributed by atoms with van der Waals surface area (Å²) in [6.45, 7) is 4.38. The fraction of sp³-hybridized carbons (Fsp3) is 0.484. The van der Waals surface area contributed by atoms with E-state index in [0.717, 1.165) is 22.7 Å². The van der Waals surface area contributed by atoms with Gasteiger partial charge in [0.1, 0.15) is 12.4 Å². The zero-order chi connectivity index (χ0) is 30.5. The maximum absolute atomic E-state index is 13.6. The van der Waals surface area contributed by atoms with Gasteiger partial charge in [-0.05, 0) is 50.8 Å². The minimum absolute atomic E-state index is 0.0447. The van der Waals surface area contributed by atoms with Gasteiger partial charge in [-0.25, -0.2) is 8.42 Å². The number of aromatic nitrogens is 1. The fourth-order valence-electron chi connectivity index (χ4n) is 3.92. The summed E-state index contributed by atoms with van der Waals surface area (Å²) in [5.74, 6) is 6.39. The van der Waals surface area contributed by atoms with Gasteiger partial charge in [0.05, 0.1) is 30.5 Å². The van der Waals surface area contributed by atoms with Gasteiger partial charge in [-0.1, -0.05) is 48.2 Å². The number of pyridine rings is 1. The number of carbonyl (C=O) groups is 1. The molecule has 2 unspecified atom stereocenters. The van der Waals surface area contributed by atoms with Crippen LogP contribution in [-0.2, 0) is 21.2 Å². The molecule has 1 amide bonds. The largest absolute Gasteiger partial charge is 0.473 e. The van der Waals surface area contributed by atoms with Crippen molar-refractivity contribution in [1.82, 2.24) is 15.6 Å². The first-order chi connectivity index (χ1) is 20.1. The summed E-state index contributed by atoms with van der Waals surface area (Å²) in [6, 6.07) is 11.8. The first-order valence-corrected chi connectivity index (χ1v) is 15.6. The van der Waals surface area contributed by atoms with E-state index in [0.29, 0.717) is 25.5 Å². The second kappa shape index (κ2) is 16.3. The van der Waals surface area contributed by atoms with Gasteiger partial charge >= 0.3 is 0 Å². The molecular formula is C31H42N4O6S. The van der Waals surface area contributed by atoms with Crippen molar-refractivity contribution in [2.45, 2.75) is 50.5 Å². The molecule has 10 nitrogen and oxygen atoms in total. The Morgan fingerprint density at radius 2 is 1.90 bits per heavy atom. The molecule has 1 saturated carbocycles. The van der Waals surface area contributed by atoms with Crippen molar-refractivity contribution in [3.05, 3.63) is 65.7 Å². The lowest BCUT2D eigenvalue weighted by Gasteiger charge is -2.25. The molecule has 0 saturated heterocycles. The summed E-state index contributed by atoms with van der Waals surface area (Å²) < 4.78 is 37.5. The van der Waals surface area contributed by atoms with Gasteiger partial charge < -0.3 is 25.2 Å². The van der Waals surface area contributed by atoms with Crippen molar-refractivity contribution in [2.75, 3.05) is 44.8 Å². The highest BCUT2D eigenvalue weighted by Gasteiger charge is 2.27. The zero-order valence-corrected chi connectivity index (χ0v) is 25.6. The van der Waals surface area contributed by atoms with Crippen LogP contribution in [0, 0.1) is 17.8 Å². The van der Waals surface area contributed by atoms with Crippen LogP contribution in [0.4, 0.5) is 5.82 Å². The highest BCUT2D eigenvalue weighted by molar-refractivity contribution is 7.93. The zero-order valence-electron chi connectivity index (χ0n) is 24.7. The lowest BCUT2D eigenvalue weighted by molar-refractivity contribution is 0.0832. The Bertz CT molecular complexity index is 1350. The Labute approximate surface area is 249 Å². The van der Waals surface area contributed by atoms with E-state index in [9.17, 15) is 18.3 Å². The summed E-state index contributed by atoms with van der Waals surface area (Å²) in [5, 5.41) is 16.5. The van der Waals surface area contributed by atoms with Gasteiger partial charge in [0.2, 0.25) is 15.9 Å². The molecule has 2 atom stereocenters. The van der Waals surface area contributed by atoms with E-state index in [2.05, 4.69) is 27.5 Å². The van der Waals surface area contributed by atoms with Crippen molar-refractivity contribution in [3.63, 3.8) is 0 Å². The number of benzene rings is 1. The maximum Gasteiger partial charge on any atom is 0.251 e. The third-order valence-electron chi connectivity index (χ3n) is 6.64. The highest BCUT2D eigenvalue weighted by Crippen LogP contribution is 2.27. The summed E-state index contributed by atoms with van der Waals surface area (Å²) in [6.07, 6.45) is 5.27. The quantitative estimate of drug-likeness (QED) is 0.153. The van der Waals surface area contributed by atoms with Crippen molar-refractivity contribution >= 4 is 21.7 Å². The van der Waals surface area contributed by atoms with Gasteiger partial charge in [0, 0.05) is 38.2 Å². The van der Waals surface area contributed by atoms with E-state index in [-0.39, 0.29) is 30.4 Å². The number of nitrogens with zero attached hydrogens (tertiary/aromatic N) is 2. The Kier molecular flexibility index (Phi) is 12.8. The van der Waals surface area contributed by atoms with E-state index < -0.39 is 33.3 Å². The summed E-state index contributed by atoms with van der Waals surface area (Å²) in [4.78, 5) is 17.9. The van der Waals surface area contributed by atoms with Crippen LogP contribution < -0.4 is 19.7 Å². The number of sulfonamides is 1. The third-order valence-corrected chi connectivity index (χ3v) is 8.78. The van der Waals surface area contributed by atoms with Crippen LogP contribution in [0.1, 0.15) is 42.6 Å². The van der Waals surface area contributed by atoms with E-state index in [1.165, 1.54) is 19.2 Å². The number of methoxy groups -OCH3 is 1. The maximum atomic E-state index is 13.6. The molecule has 0 bridgehead atoms. The van der Waals surface area contributed by atoms with Crippen LogP contribution in [0.5, 0.6) is 5.88 Å². The SMILES string of the molecule is COCC=CCOc1cc(C(=O)NC(Cc2ccccc2)C(O)CNCC#CC2CC2)cc(N(C)S(=O)(=O)C(C)C)n1. The minimum Gasteiger partial charge on any atom is -0.473 e. The number of hydrogen-bond donors (Lipinski definition) is 3. The number of amides is 1. The van der Waals surface area contributed by atoms with Crippen LogP contribution in [0.25, 0.3) is 0 Å². The number of hydrogen-bond acceptors (Lipinski definition) is 8. The Balaban J connectivity index is 1.83. The van der Waals surface area contributed by atoms with Crippen molar-refractivity contribution < 1.29 is 27.8 Å². The molecule has 228 valence electrons. The van der Waals surface area contributed by atoms with Gasteiger partial charge in [0.25, 0.3) is 5.91 Å². The molecule has 0 aliphatic heterocycles. The Morgan fingerprint density at radius 1 is 1.19 bits per heavy atom. The van der Waals surface area contributed by atoms with Crippen LogP contribution in [0.2, 0.25) is 0 Å². The number of ether oxygens (including phenoxy) is 2. The lowest BCUT2D eigenvalue weighted by atomic mass is 10.0. The van der Waals surface area contributed by atoms with Crippen LogP contribution in [-0.4, -0.2) is 82.3 Å². The van der Waals surface area contributed by atoms with Gasteiger partial charge in [0.15, 0.2) is 0 Å². The Hall–Kier alpha value is -3.43. The van der Waals surface area contributed by atoms with Crippen LogP contribution >= 0.6 is 0 Å². The predicted octanol–water partition coefficient (Wildman–Crippen LogP) is 2.54. The molecule has 1 aliphatic carbocycles. The number of nitrogens with one attached hydrogen (secondary N) is 2. The molecular weight excluding hydrogens is 556 g/mol. The fourth-order valence-corrected chi connectivity index (χ4v) is 4.91. The van der Waals surface area contributed by atoms with Crippen LogP contribution in [0.15, 0.2) is 54.6 Å². The first-order valence-electron chi connectivity index (χ1n) is 14.1. The number of rotatable bonds is 16. The van der Waals surface area contributed by atoms with Gasteiger partial charge in [-0.15, -0.1) is 0 Å². The molecule has 1 fully saturated rings. The number of carbonyl (C=O) groups excluding carboxylic acids is 1. The first kappa shape index (κ1) is 33.1. The second-order valence-corrected chi connectivity index (χ2v) is 12.9. The third kappa shape index (κ3) is 10.4. The average molecular weight is 599 g/mol. The molecule has 1 heterocycles. The number of aliphatic hydroxyl groups is 1. The molecule has 0 spiro atoms. The van der Waals surface area contributed by atoms with E-state index in [1.54, 1.807) is 33.1 Å². The van der Waals surface area contributed by atoms with Gasteiger partial charge in [-0.2, -0.15) is 4.98 Å². The number of anilines is 1. The lowest BCUT2D eigenvalue weighted by Crippen LogP contribution is -2.48. The standard InChI is InChI=1S/C31H42N4O6S/c1-23(2)42(38,39)35(3)29-20-26(21-30(34-29)41-18-9-8-17-40-4)31(37)33-27(19-25-11-6-5-7-12-25)28(36)22-32-16-10-13-24-14-15-24/h5-9,11-12,20-21,23-24,27-28,32,36H,14-19,22H2,1-4H3,(H,33,37). The smallest absolute Gasteiger partial charge is 0.251 e. The van der Waals surface area contributed by atoms with Gasteiger partial charge in [-0.3, -0.25) is 9.10 Å². The minimum atomic E-state index is -3.72. The van der Waals surface area contributed by atoms with E-state index >= 15 is 0 Å². The molecule has 1 aromatic carbocycles. The molecule has 11 heteroatoms. The van der Waals surface area contributed by atoms with Crippen molar-refractivity contribution in [2.24, 2.45) is 5.92 Å². The van der Waals surface area contributed by atoms with Crippen molar-refractivity contribution in [3.8, 4) is 17.7 Å². The Morgan fingerprint density at radius 3 is 2.57 bits per heavy atom. The molecule has 1 aliphatic rings. The monoisotopic (exact) mass is 598 g/mol. The molecule has 3 rings (SSSR count). The molecule has 42 heavy (non-hydrogen) atoms. The van der Waals surface area contributed by atoms with Crippen molar-refractivity contribution in [1.29, 1.82) is 0 Å². The second-order valence-electron chi connectivity index (χ2n) is 10.4. The summed E-state index contributed by atoms with van der Waals surface area (Å²) >= 11 is 0. The number of aliphatic hydroxyl groups excluding tert-OH is 1. The predicted molar refractivity (Wildman–Crippen MR) is 164 cm³/mol. The van der Waals surface area contributed by atoms with E-state index in [4.69, 9.17) is 9.47 Å². The topological polar surface area (TPSA) is 130 Å². The summed E-state index contributed by atoms with van der Waals surface area (Å²) in [7, 11) is -0.755. The summed E-state index contributed by atoms with van der Waals surface area (Å²) in [5.41, 5.74) is 1.09. The molecule has 2 aromatic rings. The molecule has 1 aromatic heterocycles. The molecule has 3 N–H and O–H groups in total. The normalized spacial score (nSPS) is 14.7. The van der Waals surface area contributed by atoms with Crippen LogP contribution in [0.3, 0.4) is 0 Å².